The van der Waals surface area contributed by atoms with E-state index in [4.69, 9.17) is 0 Å². The minimum absolute atomic E-state index is 0.180. The van der Waals surface area contributed by atoms with Gasteiger partial charge in [-0.1, -0.05) is 12.1 Å². The van der Waals surface area contributed by atoms with Gasteiger partial charge in [0.1, 0.15) is 0 Å². The second-order valence-corrected chi connectivity index (χ2v) is 5.61. The van der Waals surface area contributed by atoms with Gasteiger partial charge in [-0.05, 0) is 61.2 Å². The molecule has 0 radical (unpaired) electrons. The molecule has 22 heavy (non-hydrogen) atoms. The van der Waals surface area contributed by atoms with E-state index in [-0.39, 0.29) is 5.92 Å². The maximum Gasteiger partial charge on any atom is 0.416 e. The molecule has 1 fully saturated rings. The summed E-state index contributed by atoms with van der Waals surface area (Å²) in [6, 6.07) is 7.91. The summed E-state index contributed by atoms with van der Waals surface area (Å²) in [7, 11) is 0. The first kappa shape index (κ1) is 15.0. The van der Waals surface area contributed by atoms with E-state index in [1.807, 2.05) is 6.07 Å². The zero-order valence-corrected chi connectivity index (χ0v) is 12.0. The van der Waals surface area contributed by atoms with Gasteiger partial charge < -0.3 is 5.32 Å². The van der Waals surface area contributed by atoms with Crippen molar-refractivity contribution in [3.63, 3.8) is 0 Å². The Hall–Kier alpha value is -1.88. The Morgan fingerprint density at radius 1 is 1.05 bits per heavy atom. The predicted octanol–water partition coefficient (Wildman–Crippen LogP) is 4.23. The van der Waals surface area contributed by atoms with Gasteiger partial charge in [0, 0.05) is 18.0 Å². The molecule has 0 bridgehead atoms. The molecule has 1 aromatic heterocycles. The average Bonchev–Trinajstić information content (AvgIpc) is 2.55. The fourth-order valence-electron chi connectivity index (χ4n) is 2.91. The lowest BCUT2D eigenvalue weighted by Crippen LogP contribution is -2.26. The van der Waals surface area contributed by atoms with Crippen molar-refractivity contribution in [2.75, 3.05) is 13.1 Å². The highest BCUT2D eigenvalue weighted by atomic mass is 19.4. The van der Waals surface area contributed by atoms with E-state index in [1.165, 1.54) is 12.1 Å². The minimum Gasteiger partial charge on any atom is -0.317 e. The van der Waals surface area contributed by atoms with Crippen LogP contribution in [0.3, 0.4) is 0 Å². The fourth-order valence-corrected chi connectivity index (χ4v) is 2.91. The molecule has 3 rings (SSSR count). The molecule has 0 spiro atoms. The summed E-state index contributed by atoms with van der Waals surface area (Å²) < 4.78 is 39.6. The topological polar surface area (TPSA) is 24.9 Å². The van der Waals surface area contributed by atoms with Gasteiger partial charge in [-0.2, -0.15) is 13.2 Å². The number of hydrogen-bond donors (Lipinski definition) is 1. The first-order valence-corrected chi connectivity index (χ1v) is 7.37. The second kappa shape index (κ2) is 6.08. The number of alkyl halides is 3. The molecule has 1 aromatic carbocycles. The van der Waals surface area contributed by atoms with Gasteiger partial charge in [0.15, 0.2) is 0 Å². The molecule has 1 aliphatic rings. The van der Waals surface area contributed by atoms with Gasteiger partial charge in [0.2, 0.25) is 0 Å². The highest BCUT2D eigenvalue weighted by Gasteiger charge is 2.32. The standard InChI is InChI=1S/C17H17F3N2/c18-17(19,20)16-9-14(12-3-6-21-7-4-12)8-15(10-16)13-2-1-5-22-11-13/h1-2,5,8-12,21H,3-4,6-7H2. The number of pyridine rings is 1. The number of hydrogen-bond acceptors (Lipinski definition) is 2. The van der Waals surface area contributed by atoms with E-state index in [9.17, 15) is 13.2 Å². The highest BCUT2D eigenvalue weighted by Crippen LogP contribution is 2.36. The van der Waals surface area contributed by atoms with Crippen LogP contribution < -0.4 is 5.32 Å². The number of nitrogens with one attached hydrogen (secondary N) is 1. The lowest BCUT2D eigenvalue weighted by molar-refractivity contribution is -0.137. The van der Waals surface area contributed by atoms with Crippen LogP contribution in [0, 0.1) is 0 Å². The normalized spacial score (nSPS) is 16.7. The summed E-state index contributed by atoms with van der Waals surface area (Å²) in [5.74, 6) is 0.180. The van der Waals surface area contributed by atoms with Crippen molar-refractivity contribution in [1.29, 1.82) is 0 Å². The maximum atomic E-state index is 13.2. The number of rotatable bonds is 2. The Bertz CT molecular complexity index is 632. The minimum atomic E-state index is -4.33. The van der Waals surface area contributed by atoms with Gasteiger partial charge in [-0.15, -0.1) is 0 Å². The number of nitrogens with zero attached hydrogens (tertiary/aromatic N) is 1. The first-order chi connectivity index (χ1) is 10.5. The van der Waals surface area contributed by atoms with Gasteiger partial charge in [0.25, 0.3) is 0 Å². The van der Waals surface area contributed by atoms with Crippen LogP contribution in [0.2, 0.25) is 0 Å². The lowest BCUT2D eigenvalue weighted by Gasteiger charge is -2.24. The third-order valence-electron chi connectivity index (χ3n) is 4.09. The van der Waals surface area contributed by atoms with Crippen LogP contribution in [0.4, 0.5) is 13.2 Å². The molecule has 0 aliphatic carbocycles. The fraction of sp³-hybridized carbons (Fsp3) is 0.353. The SMILES string of the molecule is FC(F)(F)c1cc(-c2cccnc2)cc(C2CCNCC2)c1. The van der Waals surface area contributed by atoms with Crippen LogP contribution in [0.15, 0.2) is 42.7 Å². The number of aromatic nitrogens is 1. The molecule has 5 heteroatoms. The van der Waals surface area contributed by atoms with E-state index in [0.29, 0.717) is 11.1 Å². The van der Waals surface area contributed by atoms with Crippen LogP contribution >= 0.6 is 0 Å². The molecule has 1 N–H and O–H groups in total. The number of benzene rings is 1. The van der Waals surface area contributed by atoms with E-state index in [2.05, 4.69) is 10.3 Å². The summed E-state index contributed by atoms with van der Waals surface area (Å²) in [4.78, 5) is 4.00. The first-order valence-electron chi connectivity index (χ1n) is 7.37. The lowest BCUT2D eigenvalue weighted by atomic mass is 9.87. The number of halogens is 3. The second-order valence-electron chi connectivity index (χ2n) is 5.61. The summed E-state index contributed by atoms with van der Waals surface area (Å²) in [6.07, 6.45) is 0.619. The Kier molecular flexibility index (Phi) is 4.16. The summed E-state index contributed by atoms with van der Waals surface area (Å²) in [5.41, 5.74) is 1.48. The Morgan fingerprint density at radius 2 is 1.82 bits per heavy atom. The zero-order chi connectivity index (χ0) is 15.6. The molecule has 0 amide bonds. The van der Waals surface area contributed by atoms with E-state index in [0.717, 1.165) is 31.5 Å². The number of piperidine rings is 1. The van der Waals surface area contributed by atoms with Crippen molar-refractivity contribution in [3.05, 3.63) is 53.9 Å². The van der Waals surface area contributed by atoms with E-state index < -0.39 is 11.7 Å². The predicted molar refractivity (Wildman–Crippen MR) is 79.5 cm³/mol. The highest BCUT2D eigenvalue weighted by molar-refractivity contribution is 5.64. The monoisotopic (exact) mass is 306 g/mol. The Labute approximate surface area is 127 Å². The Balaban J connectivity index is 2.06. The van der Waals surface area contributed by atoms with Crippen LogP contribution in [-0.4, -0.2) is 18.1 Å². The molecule has 1 aliphatic heterocycles. The molecule has 1 saturated heterocycles. The van der Waals surface area contributed by atoms with Crippen LogP contribution in [0.25, 0.3) is 11.1 Å². The van der Waals surface area contributed by atoms with Crippen LogP contribution in [-0.2, 0) is 6.18 Å². The molecule has 2 nitrogen and oxygen atoms in total. The zero-order valence-electron chi connectivity index (χ0n) is 12.0. The third-order valence-corrected chi connectivity index (χ3v) is 4.09. The van der Waals surface area contributed by atoms with Gasteiger partial charge in [0.05, 0.1) is 5.56 Å². The van der Waals surface area contributed by atoms with Crippen molar-refractivity contribution in [1.82, 2.24) is 10.3 Å². The molecular formula is C17H17F3N2. The molecule has 2 aromatic rings. The van der Waals surface area contributed by atoms with Crippen LogP contribution in [0.1, 0.15) is 29.9 Å². The van der Waals surface area contributed by atoms with Gasteiger partial charge in [-0.3, -0.25) is 4.98 Å². The Morgan fingerprint density at radius 3 is 2.45 bits per heavy atom. The molecule has 2 heterocycles. The van der Waals surface area contributed by atoms with Crippen molar-refractivity contribution in [2.45, 2.75) is 24.9 Å². The average molecular weight is 306 g/mol. The summed E-state index contributed by atoms with van der Waals surface area (Å²) in [5, 5.41) is 3.24. The largest absolute Gasteiger partial charge is 0.416 e. The van der Waals surface area contributed by atoms with E-state index >= 15 is 0 Å². The quantitative estimate of drug-likeness (QED) is 0.898. The molecule has 0 atom stereocenters. The summed E-state index contributed by atoms with van der Waals surface area (Å²) in [6.45, 7) is 1.70. The smallest absolute Gasteiger partial charge is 0.317 e. The third kappa shape index (κ3) is 3.30. The van der Waals surface area contributed by atoms with Gasteiger partial charge in [-0.25, -0.2) is 0 Å². The van der Waals surface area contributed by atoms with Crippen molar-refractivity contribution >= 4 is 0 Å². The van der Waals surface area contributed by atoms with Crippen molar-refractivity contribution in [2.24, 2.45) is 0 Å². The molecule has 116 valence electrons. The molecule has 0 unspecified atom stereocenters. The maximum absolute atomic E-state index is 13.2. The molecule has 0 saturated carbocycles. The molecular weight excluding hydrogens is 289 g/mol. The van der Waals surface area contributed by atoms with E-state index in [1.54, 1.807) is 24.5 Å². The van der Waals surface area contributed by atoms with Crippen molar-refractivity contribution < 1.29 is 13.2 Å². The van der Waals surface area contributed by atoms with Crippen LogP contribution in [0.5, 0.6) is 0 Å². The van der Waals surface area contributed by atoms with Crippen molar-refractivity contribution in [3.8, 4) is 11.1 Å². The van der Waals surface area contributed by atoms with Gasteiger partial charge >= 0.3 is 6.18 Å². The summed E-state index contributed by atoms with van der Waals surface area (Å²) >= 11 is 0.